The highest BCUT2D eigenvalue weighted by atomic mass is 16.7. The van der Waals surface area contributed by atoms with Gasteiger partial charge in [0.05, 0.1) is 12.2 Å². The van der Waals surface area contributed by atoms with Gasteiger partial charge in [-0.05, 0) is 31.5 Å². The van der Waals surface area contributed by atoms with Crippen LogP contribution in [0.3, 0.4) is 0 Å². The molecule has 24 heavy (non-hydrogen) atoms. The average Bonchev–Trinajstić information content (AvgIpc) is 3.21. The zero-order valence-electron chi connectivity index (χ0n) is 13.3. The minimum absolute atomic E-state index is 0.194. The van der Waals surface area contributed by atoms with Crippen LogP contribution in [0.15, 0.2) is 35.8 Å². The number of fused-ring (bicyclic) bond motifs is 2. The predicted molar refractivity (Wildman–Crippen MR) is 83.7 cm³/mol. The molecule has 0 amide bonds. The number of aromatic nitrogens is 3. The van der Waals surface area contributed by atoms with E-state index in [9.17, 15) is 4.79 Å². The Morgan fingerprint density at radius 2 is 2.25 bits per heavy atom. The number of esters is 1. The summed E-state index contributed by atoms with van der Waals surface area (Å²) < 4.78 is 17.7. The Labute approximate surface area is 138 Å². The van der Waals surface area contributed by atoms with Crippen molar-refractivity contribution < 1.29 is 19.0 Å². The van der Waals surface area contributed by atoms with Crippen LogP contribution >= 0.6 is 0 Å². The van der Waals surface area contributed by atoms with Crippen molar-refractivity contribution in [3.8, 4) is 11.5 Å². The summed E-state index contributed by atoms with van der Waals surface area (Å²) in [5.74, 6) is 1.52. The second-order valence-electron chi connectivity index (χ2n) is 5.43. The van der Waals surface area contributed by atoms with Gasteiger partial charge in [0, 0.05) is 5.70 Å². The third-order valence-electron chi connectivity index (χ3n) is 4.00. The maximum Gasteiger partial charge on any atom is 0.338 e. The van der Waals surface area contributed by atoms with E-state index in [1.54, 1.807) is 11.6 Å². The summed E-state index contributed by atoms with van der Waals surface area (Å²) in [5, 5.41) is 7.36. The molecule has 0 unspecified atom stereocenters. The van der Waals surface area contributed by atoms with E-state index in [0.29, 0.717) is 35.3 Å². The van der Waals surface area contributed by atoms with E-state index in [0.717, 1.165) is 5.56 Å². The van der Waals surface area contributed by atoms with Gasteiger partial charge < -0.3 is 19.5 Å². The van der Waals surface area contributed by atoms with Gasteiger partial charge in [-0.1, -0.05) is 6.07 Å². The number of benzene rings is 1. The number of nitrogens with one attached hydrogen (secondary N) is 1. The van der Waals surface area contributed by atoms with E-state index in [1.807, 2.05) is 25.1 Å². The molecular formula is C16H16N4O4. The Hall–Kier alpha value is -3.03. The molecule has 1 atom stereocenters. The normalized spacial score (nSPS) is 18.2. The fourth-order valence-corrected chi connectivity index (χ4v) is 2.96. The summed E-state index contributed by atoms with van der Waals surface area (Å²) in [6, 6.07) is 5.13. The largest absolute Gasteiger partial charge is 0.463 e. The first-order valence-corrected chi connectivity index (χ1v) is 7.63. The molecule has 4 rings (SSSR count). The van der Waals surface area contributed by atoms with Crippen LogP contribution in [-0.4, -0.2) is 34.1 Å². The second-order valence-corrected chi connectivity index (χ2v) is 5.43. The Morgan fingerprint density at radius 1 is 1.42 bits per heavy atom. The molecule has 1 N–H and O–H groups in total. The lowest BCUT2D eigenvalue weighted by Gasteiger charge is -2.28. The molecule has 2 aromatic rings. The van der Waals surface area contributed by atoms with Crippen LogP contribution in [0.1, 0.15) is 25.5 Å². The first kappa shape index (κ1) is 14.6. The number of carbonyl (C=O) groups excluding carboxylic acids is 1. The van der Waals surface area contributed by atoms with Crippen LogP contribution < -0.4 is 14.8 Å². The smallest absolute Gasteiger partial charge is 0.338 e. The molecule has 0 fully saturated rings. The van der Waals surface area contributed by atoms with Crippen LogP contribution in [0.4, 0.5) is 5.95 Å². The fraction of sp³-hybridized carbons (Fsp3) is 0.312. The molecular weight excluding hydrogens is 312 g/mol. The first-order valence-electron chi connectivity index (χ1n) is 7.63. The standard InChI is InChI=1S/C16H16N4O4/c1-3-22-15(21)13-9(2)19-16-17-7-18-20(16)14(13)10-4-5-11-12(6-10)24-8-23-11/h4-7,14H,3,8H2,1-2H3,(H,17,18,19)/t14-/m0/s1. The minimum atomic E-state index is -0.447. The maximum absolute atomic E-state index is 12.5. The highest BCUT2D eigenvalue weighted by molar-refractivity contribution is 5.92. The van der Waals surface area contributed by atoms with Crippen LogP contribution in [0.25, 0.3) is 0 Å². The number of hydrogen-bond acceptors (Lipinski definition) is 7. The van der Waals surface area contributed by atoms with Crippen molar-refractivity contribution in [2.45, 2.75) is 19.9 Å². The predicted octanol–water partition coefficient (Wildman–Crippen LogP) is 1.86. The van der Waals surface area contributed by atoms with Crippen LogP contribution in [0.5, 0.6) is 11.5 Å². The number of ether oxygens (including phenoxy) is 3. The van der Waals surface area contributed by atoms with E-state index in [1.165, 1.54) is 6.33 Å². The summed E-state index contributed by atoms with van der Waals surface area (Å²) in [7, 11) is 0. The average molecular weight is 328 g/mol. The first-order chi connectivity index (χ1) is 11.7. The van der Waals surface area contributed by atoms with Gasteiger partial charge in [0.1, 0.15) is 12.4 Å². The SMILES string of the molecule is CCOC(=O)C1=C(C)Nc2ncnn2[C@H]1c1ccc2c(c1)OCO2. The van der Waals surface area contributed by atoms with Gasteiger partial charge in [0.15, 0.2) is 11.5 Å². The third-order valence-corrected chi connectivity index (χ3v) is 4.00. The number of anilines is 1. The fourth-order valence-electron chi connectivity index (χ4n) is 2.96. The van der Waals surface area contributed by atoms with E-state index in [2.05, 4.69) is 15.4 Å². The molecule has 0 saturated carbocycles. The molecule has 0 radical (unpaired) electrons. The highest BCUT2D eigenvalue weighted by Crippen LogP contribution is 2.40. The summed E-state index contributed by atoms with van der Waals surface area (Å²) in [4.78, 5) is 16.7. The van der Waals surface area contributed by atoms with Crippen molar-refractivity contribution >= 4 is 11.9 Å². The van der Waals surface area contributed by atoms with Crippen molar-refractivity contribution in [3.05, 3.63) is 41.4 Å². The van der Waals surface area contributed by atoms with Gasteiger partial charge in [0.25, 0.3) is 0 Å². The van der Waals surface area contributed by atoms with Gasteiger partial charge >= 0.3 is 5.97 Å². The molecule has 0 bridgehead atoms. The van der Waals surface area contributed by atoms with Crippen LogP contribution in [0.2, 0.25) is 0 Å². The van der Waals surface area contributed by atoms with E-state index < -0.39 is 6.04 Å². The Balaban J connectivity index is 1.84. The molecule has 2 aliphatic heterocycles. The number of nitrogens with zero attached hydrogens (tertiary/aromatic N) is 3. The molecule has 8 heteroatoms. The lowest BCUT2D eigenvalue weighted by Crippen LogP contribution is -2.29. The maximum atomic E-state index is 12.5. The highest BCUT2D eigenvalue weighted by Gasteiger charge is 2.35. The van der Waals surface area contributed by atoms with E-state index in [4.69, 9.17) is 14.2 Å². The van der Waals surface area contributed by atoms with Gasteiger partial charge in [-0.3, -0.25) is 0 Å². The monoisotopic (exact) mass is 328 g/mol. The van der Waals surface area contributed by atoms with Crippen LogP contribution in [-0.2, 0) is 9.53 Å². The Bertz CT molecular complexity index is 842. The van der Waals surface area contributed by atoms with Gasteiger partial charge in [0.2, 0.25) is 12.7 Å². The van der Waals surface area contributed by atoms with Crippen molar-refractivity contribution in [2.75, 3.05) is 18.7 Å². The summed E-state index contributed by atoms with van der Waals surface area (Å²) >= 11 is 0. The Kier molecular flexibility index (Phi) is 3.37. The molecule has 0 aliphatic carbocycles. The quantitative estimate of drug-likeness (QED) is 0.860. The molecule has 1 aromatic carbocycles. The summed E-state index contributed by atoms with van der Waals surface area (Å²) in [6.07, 6.45) is 1.45. The van der Waals surface area contributed by atoms with Gasteiger partial charge in [-0.15, -0.1) is 0 Å². The molecule has 1 aromatic heterocycles. The number of allylic oxidation sites excluding steroid dienone is 1. The summed E-state index contributed by atoms with van der Waals surface area (Å²) in [5.41, 5.74) is 2.03. The number of hydrogen-bond donors (Lipinski definition) is 1. The number of rotatable bonds is 3. The van der Waals surface area contributed by atoms with Crippen LogP contribution in [0, 0.1) is 0 Å². The van der Waals surface area contributed by atoms with Crippen molar-refractivity contribution in [1.82, 2.24) is 14.8 Å². The molecule has 3 heterocycles. The lowest BCUT2D eigenvalue weighted by molar-refractivity contribution is -0.139. The Morgan fingerprint density at radius 3 is 3.08 bits per heavy atom. The van der Waals surface area contributed by atoms with Crippen molar-refractivity contribution in [1.29, 1.82) is 0 Å². The molecule has 0 spiro atoms. The van der Waals surface area contributed by atoms with E-state index >= 15 is 0 Å². The molecule has 124 valence electrons. The number of carbonyl (C=O) groups is 1. The molecule has 0 saturated heterocycles. The van der Waals surface area contributed by atoms with E-state index in [-0.39, 0.29) is 12.8 Å². The van der Waals surface area contributed by atoms with Crippen molar-refractivity contribution in [3.63, 3.8) is 0 Å². The lowest BCUT2D eigenvalue weighted by atomic mass is 9.95. The second kappa shape index (κ2) is 5.55. The molecule has 2 aliphatic rings. The molecule has 8 nitrogen and oxygen atoms in total. The minimum Gasteiger partial charge on any atom is -0.463 e. The topological polar surface area (TPSA) is 87.5 Å². The van der Waals surface area contributed by atoms with Gasteiger partial charge in [-0.25, -0.2) is 9.48 Å². The third kappa shape index (κ3) is 2.18. The zero-order chi connectivity index (χ0) is 16.7. The summed E-state index contributed by atoms with van der Waals surface area (Å²) in [6.45, 7) is 4.10. The zero-order valence-corrected chi connectivity index (χ0v) is 13.3. The van der Waals surface area contributed by atoms with Crippen molar-refractivity contribution in [2.24, 2.45) is 0 Å². The van der Waals surface area contributed by atoms with Gasteiger partial charge in [-0.2, -0.15) is 10.1 Å².